The molecule has 96 valence electrons. The van der Waals surface area contributed by atoms with Crippen molar-refractivity contribution in [3.63, 3.8) is 0 Å². The van der Waals surface area contributed by atoms with Gasteiger partial charge in [0, 0.05) is 0 Å². The fourth-order valence-corrected chi connectivity index (χ4v) is 1.50. The number of halogens is 3. The summed E-state index contributed by atoms with van der Waals surface area (Å²) in [5.41, 5.74) is 0.557. The number of hydrogen-bond acceptors (Lipinski definition) is 2. The van der Waals surface area contributed by atoms with E-state index < -0.39 is 25.0 Å². The third-order valence-electron chi connectivity index (χ3n) is 2.36. The molecule has 0 heterocycles. The largest absolute Gasteiger partial charge is 0.411 e. The Bertz CT molecular complexity index is 324. The van der Waals surface area contributed by atoms with Crippen LogP contribution < -0.4 is 0 Å². The zero-order valence-corrected chi connectivity index (χ0v) is 9.45. The van der Waals surface area contributed by atoms with Crippen LogP contribution in [0.15, 0.2) is 30.3 Å². The van der Waals surface area contributed by atoms with E-state index in [9.17, 15) is 18.3 Å². The first-order chi connectivity index (χ1) is 7.94. The summed E-state index contributed by atoms with van der Waals surface area (Å²) in [5, 5.41) is 9.88. The predicted octanol–water partition coefficient (Wildman–Crippen LogP) is 3.08. The van der Waals surface area contributed by atoms with Gasteiger partial charge in [0.1, 0.15) is 12.7 Å². The molecule has 2 unspecified atom stereocenters. The van der Waals surface area contributed by atoms with Gasteiger partial charge < -0.3 is 9.84 Å². The standard InChI is InChI=1S/C12H15F3O2/c1-2-10(17-8-12(13,14)15)11(16)9-6-4-3-5-7-9/h3-7,10-11,16H,2,8H2,1H3. The van der Waals surface area contributed by atoms with Crippen LogP contribution >= 0.6 is 0 Å². The van der Waals surface area contributed by atoms with E-state index >= 15 is 0 Å². The van der Waals surface area contributed by atoms with Crippen molar-refractivity contribution in [2.45, 2.75) is 31.7 Å². The van der Waals surface area contributed by atoms with Crippen LogP contribution in [0.4, 0.5) is 13.2 Å². The van der Waals surface area contributed by atoms with Gasteiger partial charge in [0.2, 0.25) is 0 Å². The van der Waals surface area contributed by atoms with Gasteiger partial charge in [-0.3, -0.25) is 0 Å². The molecule has 0 radical (unpaired) electrons. The molecule has 0 fully saturated rings. The Morgan fingerprint density at radius 3 is 2.29 bits per heavy atom. The van der Waals surface area contributed by atoms with E-state index in [0.717, 1.165) is 0 Å². The number of alkyl halides is 3. The van der Waals surface area contributed by atoms with Crippen molar-refractivity contribution in [3.8, 4) is 0 Å². The lowest BCUT2D eigenvalue weighted by atomic mass is 10.0. The summed E-state index contributed by atoms with van der Waals surface area (Å²) in [6.07, 6.45) is -5.95. The minimum Gasteiger partial charge on any atom is -0.386 e. The molecule has 2 nitrogen and oxygen atoms in total. The highest BCUT2D eigenvalue weighted by Gasteiger charge is 2.31. The highest BCUT2D eigenvalue weighted by Crippen LogP contribution is 2.24. The van der Waals surface area contributed by atoms with Crippen LogP contribution in [-0.4, -0.2) is 24.0 Å². The van der Waals surface area contributed by atoms with Gasteiger partial charge in [-0.05, 0) is 12.0 Å². The first kappa shape index (κ1) is 14.0. The number of benzene rings is 1. The quantitative estimate of drug-likeness (QED) is 0.867. The minimum absolute atomic E-state index is 0.312. The summed E-state index contributed by atoms with van der Waals surface area (Å²) in [7, 11) is 0. The second-order valence-electron chi connectivity index (χ2n) is 3.73. The molecule has 1 aromatic carbocycles. The molecule has 17 heavy (non-hydrogen) atoms. The molecule has 1 N–H and O–H groups in total. The van der Waals surface area contributed by atoms with Crippen molar-refractivity contribution >= 4 is 0 Å². The molecule has 0 aliphatic rings. The molecular weight excluding hydrogens is 233 g/mol. The molecule has 1 aromatic rings. The maximum absolute atomic E-state index is 12.0. The molecule has 0 saturated heterocycles. The predicted molar refractivity (Wildman–Crippen MR) is 57.5 cm³/mol. The van der Waals surface area contributed by atoms with E-state index in [0.29, 0.717) is 12.0 Å². The van der Waals surface area contributed by atoms with Gasteiger partial charge in [0.15, 0.2) is 0 Å². The number of ether oxygens (including phenoxy) is 1. The fourth-order valence-electron chi connectivity index (χ4n) is 1.50. The van der Waals surface area contributed by atoms with Crippen molar-refractivity contribution in [1.29, 1.82) is 0 Å². The molecule has 1 rings (SSSR count). The maximum Gasteiger partial charge on any atom is 0.411 e. The smallest absolute Gasteiger partial charge is 0.386 e. The van der Waals surface area contributed by atoms with Gasteiger partial charge >= 0.3 is 6.18 Å². The number of aliphatic hydroxyl groups excluding tert-OH is 1. The molecule has 0 aromatic heterocycles. The molecule has 0 saturated carbocycles. The summed E-state index contributed by atoms with van der Waals surface area (Å²) in [6, 6.07) is 8.52. The van der Waals surface area contributed by atoms with E-state index in [1.54, 1.807) is 37.3 Å². The Hall–Kier alpha value is -1.07. The normalized spacial score (nSPS) is 15.6. The highest BCUT2D eigenvalue weighted by molar-refractivity contribution is 5.18. The van der Waals surface area contributed by atoms with Gasteiger partial charge in [-0.1, -0.05) is 37.3 Å². The molecule has 2 atom stereocenters. The average molecular weight is 248 g/mol. The van der Waals surface area contributed by atoms with Crippen molar-refractivity contribution < 1.29 is 23.0 Å². The number of hydrogen-bond donors (Lipinski definition) is 1. The number of rotatable bonds is 5. The molecule has 5 heteroatoms. The Kier molecular flexibility index (Phi) is 4.96. The van der Waals surface area contributed by atoms with Crippen LogP contribution in [0.2, 0.25) is 0 Å². The van der Waals surface area contributed by atoms with Gasteiger partial charge in [0.05, 0.1) is 6.10 Å². The van der Waals surface area contributed by atoms with Gasteiger partial charge in [0.25, 0.3) is 0 Å². The van der Waals surface area contributed by atoms with Crippen molar-refractivity contribution in [3.05, 3.63) is 35.9 Å². The van der Waals surface area contributed by atoms with Crippen molar-refractivity contribution in [2.75, 3.05) is 6.61 Å². The molecule has 0 aliphatic heterocycles. The first-order valence-corrected chi connectivity index (χ1v) is 5.35. The molecular formula is C12H15F3O2. The summed E-state index contributed by atoms with van der Waals surface area (Å²) >= 11 is 0. The monoisotopic (exact) mass is 248 g/mol. The SMILES string of the molecule is CCC(OCC(F)(F)F)C(O)c1ccccc1. The molecule has 0 amide bonds. The first-order valence-electron chi connectivity index (χ1n) is 5.35. The lowest BCUT2D eigenvalue weighted by molar-refractivity contribution is -0.195. The summed E-state index contributed by atoms with van der Waals surface area (Å²) < 4.78 is 40.7. The van der Waals surface area contributed by atoms with E-state index in [1.165, 1.54) is 0 Å². The second kappa shape index (κ2) is 6.02. The number of aliphatic hydroxyl groups is 1. The average Bonchev–Trinajstić information content (AvgIpc) is 2.29. The Balaban J connectivity index is 2.62. The fraction of sp³-hybridized carbons (Fsp3) is 0.500. The zero-order chi connectivity index (χ0) is 12.9. The Morgan fingerprint density at radius 1 is 1.24 bits per heavy atom. The van der Waals surface area contributed by atoms with E-state index in [4.69, 9.17) is 4.74 Å². The van der Waals surface area contributed by atoms with Crippen LogP contribution in [0.5, 0.6) is 0 Å². The molecule has 0 aliphatic carbocycles. The highest BCUT2D eigenvalue weighted by atomic mass is 19.4. The molecule has 0 spiro atoms. The van der Waals surface area contributed by atoms with Crippen molar-refractivity contribution in [1.82, 2.24) is 0 Å². The van der Waals surface area contributed by atoms with Gasteiger partial charge in [-0.25, -0.2) is 0 Å². The van der Waals surface area contributed by atoms with Gasteiger partial charge in [-0.2, -0.15) is 13.2 Å². The second-order valence-corrected chi connectivity index (χ2v) is 3.73. The van der Waals surface area contributed by atoms with E-state index in [-0.39, 0.29) is 0 Å². The van der Waals surface area contributed by atoms with Crippen LogP contribution in [0.25, 0.3) is 0 Å². The summed E-state index contributed by atoms with van der Waals surface area (Å²) in [6.45, 7) is 0.336. The van der Waals surface area contributed by atoms with E-state index in [2.05, 4.69) is 0 Å². The Labute approximate surface area is 98.0 Å². The van der Waals surface area contributed by atoms with E-state index in [1.807, 2.05) is 0 Å². The summed E-state index contributed by atoms with van der Waals surface area (Å²) in [5.74, 6) is 0. The Morgan fingerprint density at radius 2 is 1.82 bits per heavy atom. The topological polar surface area (TPSA) is 29.5 Å². The van der Waals surface area contributed by atoms with Crippen molar-refractivity contribution in [2.24, 2.45) is 0 Å². The van der Waals surface area contributed by atoms with Crippen LogP contribution in [0, 0.1) is 0 Å². The lowest BCUT2D eigenvalue weighted by Gasteiger charge is -2.23. The van der Waals surface area contributed by atoms with Crippen LogP contribution in [0.3, 0.4) is 0 Å². The lowest BCUT2D eigenvalue weighted by Crippen LogP contribution is -2.27. The zero-order valence-electron chi connectivity index (χ0n) is 9.45. The third-order valence-corrected chi connectivity index (χ3v) is 2.36. The molecule has 0 bridgehead atoms. The van der Waals surface area contributed by atoms with Crippen LogP contribution in [0.1, 0.15) is 25.0 Å². The van der Waals surface area contributed by atoms with Crippen LogP contribution in [-0.2, 0) is 4.74 Å². The van der Waals surface area contributed by atoms with Gasteiger partial charge in [-0.15, -0.1) is 0 Å². The maximum atomic E-state index is 12.0. The minimum atomic E-state index is -4.37. The summed E-state index contributed by atoms with van der Waals surface area (Å²) in [4.78, 5) is 0. The third kappa shape index (κ3) is 4.75.